The third-order valence-corrected chi connectivity index (χ3v) is 2.93. The van der Waals surface area contributed by atoms with Crippen LogP contribution in [0.3, 0.4) is 0 Å². The summed E-state index contributed by atoms with van der Waals surface area (Å²) >= 11 is 11.6. The Labute approximate surface area is 120 Å². The highest BCUT2D eigenvalue weighted by molar-refractivity contribution is 6.35. The Morgan fingerprint density at radius 3 is 2.21 bits per heavy atom. The number of carbonyl (C=O) groups is 1. The molecule has 2 rings (SSSR count). The number of nitrogens with one attached hydrogen (secondary N) is 1. The fourth-order valence-electron chi connectivity index (χ4n) is 1.57. The molecule has 2 nitrogen and oxygen atoms in total. The van der Waals surface area contributed by atoms with Crippen LogP contribution in [-0.2, 0) is 6.54 Å². The average Bonchev–Trinajstić information content (AvgIpc) is 2.36. The summed E-state index contributed by atoms with van der Waals surface area (Å²) in [6, 6.07) is 10.5. The predicted molar refractivity (Wildman–Crippen MR) is 74.0 cm³/mol. The highest BCUT2D eigenvalue weighted by Gasteiger charge is 2.07. The van der Waals surface area contributed by atoms with Gasteiger partial charge < -0.3 is 5.32 Å². The number of hydrogen-bond donors (Lipinski definition) is 1. The highest BCUT2D eigenvalue weighted by atomic mass is 35.5. The largest absolute Gasteiger partial charge is 0.348 e. The fraction of sp³-hybridized carbons (Fsp3) is 0.0714. The van der Waals surface area contributed by atoms with Gasteiger partial charge in [-0.05, 0) is 35.9 Å². The Hall–Kier alpha value is -1.58. The third-order valence-electron chi connectivity index (χ3n) is 2.49. The van der Waals surface area contributed by atoms with Gasteiger partial charge in [-0.3, -0.25) is 4.79 Å². The lowest BCUT2D eigenvalue weighted by Gasteiger charge is -2.06. The Morgan fingerprint density at radius 2 is 1.63 bits per heavy atom. The molecule has 0 aliphatic heterocycles. The first kappa shape index (κ1) is 13.8. The summed E-state index contributed by atoms with van der Waals surface area (Å²) in [4.78, 5) is 11.9. The van der Waals surface area contributed by atoms with Gasteiger partial charge in [-0.15, -0.1) is 0 Å². The number of rotatable bonds is 3. The Bertz CT molecular complexity index is 579. The van der Waals surface area contributed by atoms with Crippen molar-refractivity contribution in [2.75, 3.05) is 0 Å². The van der Waals surface area contributed by atoms with Crippen LogP contribution in [0, 0.1) is 5.82 Å². The van der Waals surface area contributed by atoms with Crippen LogP contribution in [-0.4, -0.2) is 5.91 Å². The van der Waals surface area contributed by atoms with Gasteiger partial charge in [0.05, 0.1) is 0 Å². The summed E-state index contributed by atoms with van der Waals surface area (Å²) in [5.41, 5.74) is 1.20. The summed E-state index contributed by atoms with van der Waals surface area (Å²) in [7, 11) is 0. The van der Waals surface area contributed by atoms with Crippen molar-refractivity contribution in [3.05, 3.63) is 69.5 Å². The van der Waals surface area contributed by atoms with Crippen molar-refractivity contribution >= 4 is 29.1 Å². The van der Waals surface area contributed by atoms with Crippen LogP contribution in [0.25, 0.3) is 0 Å². The van der Waals surface area contributed by atoms with Gasteiger partial charge in [-0.2, -0.15) is 0 Å². The molecule has 0 saturated carbocycles. The molecule has 0 heterocycles. The van der Waals surface area contributed by atoms with E-state index in [0.29, 0.717) is 22.2 Å². The smallest absolute Gasteiger partial charge is 0.251 e. The van der Waals surface area contributed by atoms with Crippen LogP contribution in [0.5, 0.6) is 0 Å². The molecule has 0 aliphatic rings. The van der Waals surface area contributed by atoms with Gasteiger partial charge in [0, 0.05) is 22.2 Å². The van der Waals surface area contributed by atoms with E-state index in [1.54, 1.807) is 18.2 Å². The number of amides is 1. The Kier molecular flexibility index (Phi) is 4.40. The SMILES string of the molecule is O=C(NCc1ccc(F)cc1)c1cc(Cl)cc(Cl)c1. The van der Waals surface area contributed by atoms with Crippen LogP contribution in [0.1, 0.15) is 15.9 Å². The molecule has 19 heavy (non-hydrogen) atoms. The van der Waals surface area contributed by atoms with Gasteiger partial charge in [-0.1, -0.05) is 35.3 Å². The minimum Gasteiger partial charge on any atom is -0.348 e. The van der Waals surface area contributed by atoms with Crippen molar-refractivity contribution in [3.8, 4) is 0 Å². The molecule has 0 radical (unpaired) electrons. The molecular formula is C14H10Cl2FNO. The van der Waals surface area contributed by atoms with E-state index < -0.39 is 0 Å². The van der Waals surface area contributed by atoms with Crippen LogP contribution in [0.4, 0.5) is 4.39 Å². The van der Waals surface area contributed by atoms with Crippen LogP contribution in [0.2, 0.25) is 10.0 Å². The lowest BCUT2D eigenvalue weighted by molar-refractivity contribution is 0.0951. The molecule has 0 bridgehead atoms. The van der Waals surface area contributed by atoms with E-state index >= 15 is 0 Å². The van der Waals surface area contributed by atoms with Crippen molar-refractivity contribution in [1.82, 2.24) is 5.32 Å². The van der Waals surface area contributed by atoms with Crippen LogP contribution < -0.4 is 5.32 Å². The van der Waals surface area contributed by atoms with Crippen molar-refractivity contribution < 1.29 is 9.18 Å². The van der Waals surface area contributed by atoms with E-state index in [2.05, 4.69) is 5.32 Å². The highest BCUT2D eigenvalue weighted by Crippen LogP contribution is 2.19. The molecule has 0 fully saturated rings. The average molecular weight is 298 g/mol. The van der Waals surface area contributed by atoms with Crippen molar-refractivity contribution in [2.24, 2.45) is 0 Å². The maximum atomic E-state index is 12.7. The molecule has 0 unspecified atom stereocenters. The molecular weight excluding hydrogens is 288 g/mol. The molecule has 98 valence electrons. The zero-order valence-corrected chi connectivity index (χ0v) is 11.3. The number of benzene rings is 2. The van der Waals surface area contributed by atoms with E-state index in [1.807, 2.05) is 0 Å². The van der Waals surface area contributed by atoms with Crippen LogP contribution in [0.15, 0.2) is 42.5 Å². The zero-order chi connectivity index (χ0) is 13.8. The van der Waals surface area contributed by atoms with Gasteiger partial charge >= 0.3 is 0 Å². The second-order valence-corrected chi connectivity index (χ2v) is 4.84. The van der Waals surface area contributed by atoms with Gasteiger partial charge in [-0.25, -0.2) is 4.39 Å². The minimum atomic E-state index is -0.309. The number of halogens is 3. The van der Waals surface area contributed by atoms with E-state index in [-0.39, 0.29) is 11.7 Å². The minimum absolute atomic E-state index is 0.284. The van der Waals surface area contributed by atoms with Gasteiger partial charge in [0.2, 0.25) is 0 Å². The predicted octanol–water partition coefficient (Wildman–Crippen LogP) is 4.06. The van der Waals surface area contributed by atoms with E-state index in [4.69, 9.17) is 23.2 Å². The molecule has 1 amide bonds. The molecule has 2 aromatic rings. The van der Waals surface area contributed by atoms with Gasteiger partial charge in [0.25, 0.3) is 5.91 Å². The molecule has 5 heteroatoms. The molecule has 2 aromatic carbocycles. The van der Waals surface area contributed by atoms with Gasteiger partial charge in [0.1, 0.15) is 5.82 Å². The summed E-state index contributed by atoms with van der Waals surface area (Å²) in [5.74, 6) is -0.592. The standard InChI is InChI=1S/C14H10Cl2FNO/c15-11-5-10(6-12(16)7-11)14(19)18-8-9-1-3-13(17)4-2-9/h1-7H,8H2,(H,18,19). The first-order chi connectivity index (χ1) is 9.04. The van der Waals surface area contributed by atoms with Gasteiger partial charge in [0.15, 0.2) is 0 Å². The summed E-state index contributed by atoms with van der Waals surface area (Å²) in [6.45, 7) is 0.309. The topological polar surface area (TPSA) is 29.1 Å². The third kappa shape index (κ3) is 3.94. The quantitative estimate of drug-likeness (QED) is 0.909. The van der Waals surface area contributed by atoms with Crippen molar-refractivity contribution in [1.29, 1.82) is 0 Å². The summed E-state index contributed by atoms with van der Waals surface area (Å²) < 4.78 is 12.7. The molecule has 0 aliphatic carbocycles. The molecule has 0 aromatic heterocycles. The lowest BCUT2D eigenvalue weighted by Crippen LogP contribution is -2.22. The Balaban J connectivity index is 2.03. The summed E-state index contributed by atoms with van der Waals surface area (Å²) in [5, 5.41) is 3.51. The molecule has 1 N–H and O–H groups in total. The van der Waals surface area contributed by atoms with Crippen molar-refractivity contribution in [3.63, 3.8) is 0 Å². The number of hydrogen-bond acceptors (Lipinski definition) is 1. The zero-order valence-electron chi connectivity index (χ0n) is 9.79. The van der Waals surface area contributed by atoms with E-state index in [1.165, 1.54) is 24.3 Å². The second kappa shape index (κ2) is 6.04. The maximum Gasteiger partial charge on any atom is 0.251 e. The molecule has 0 atom stereocenters. The van der Waals surface area contributed by atoms with Crippen LogP contribution >= 0.6 is 23.2 Å². The summed E-state index contributed by atoms with van der Waals surface area (Å²) in [6.07, 6.45) is 0. The second-order valence-electron chi connectivity index (χ2n) is 3.97. The fourth-order valence-corrected chi connectivity index (χ4v) is 2.10. The maximum absolute atomic E-state index is 12.7. The normalized spacial score (nSPS) is 10.3. The van der Waals surface area contributed by atoms with E-state index in [9.17, 15) is 9.18 Å². The number of carbonyl (C=O) groups excluding carboxylic acids is 1. The van der Waals surface area contributed by atoms with Crippen molar-refractivity contribution in [2.45, 2.75) is 6.54 Å². The Morgan fingerprint density at radius 1 is 1.05 bits per heavy atom. The lowest BCUT2D eigenvalue weighted by atomic mass is 10.2. The molecule has 0 saturated heterocycles. The molecule has 0 spiro atoms. The van der Waals surface area contributed by atoms with E-state index in [0.717, 1.165) is 5.56 Å². The first-order valence-electron chi connectivity index (χ1n) is 5.53. The monoisotopic (exact) mass is 297 g/mol. The first-order valence-corrected chi connectivity index (χ1v) is 6.29.